The topological polar surface area (TPSA) is 93.8 Å². The van der Waals surface area contributed by atoms with Crippen molar-refractivity contribution >= 4 is 16.5 Å². The van der Waals surface area contributed by atoms with Crippen molar-refractivity contribution in [2.75, 3.05) is 0 Å². The predicted molar refractivity (Wildman–Crippen MR) is 80.8 cm³/mol. The van der Waals surface area contributed by atoms with Gasteiger partial charge in [0.15, 0.2) is 0 Å². The SMILES string of the molecule is OC1C=CC2=C(C1O)C(O)C(O)c1cc3ccccc3nc12. The fourth-order valence-electron chi connectivity index (χ4n) is 3.20. The lowest BCUT2D eigenvalue weighted by Crippen LogP contribution is -2.39. The van der Waals surface area contributed by atoms with Gasteiger partial charge >= 0.3 is 0 Å². The minimum Gasteiger partial charge on any atom is -0.386 e. The first kappa shape index (κ1) is 13.6. The first-order valence-electron chi connectivity index (χ1n) is 7.12. The van der Waals surface area contributed by atoms with E-state index in [0.717, 1.165) is 10.9 Å². The van der Waals surface area contributed by atoms with Crippen molar-refractivity contribution in [3.05, 3.63) is 59.3 Å². The van der Waals surface area contributed by atoms with E-state index in [4.69, 9.17) is 0 Å². The monoisotopic (exact) mass is 297 g/mol. The van der Waals surface area contributed by atoms with E-state index in [-0.39, 0.29) is 5.57 Å². The van der Waals surface area contributed by atoms with Crippen LogP contribution in [0.3, 0.4) is 0 Å². The number of rotatable bonds is 0. The molecule has 0 spiro atoms. The average molecular weight is 297 g/mol. The van der Waals surface area contributed by atoms with Crippen LogP contribution in [0.2, 0.25) is 0 Å². The molecule has 1 aromatic heterocycles. The van der Waals surface area contributed by atoms with Crippen molar-refractivity contribution in [3.63, 3.8) is 0 Å². The number of nitrogens with zero attached hydrogens (tertiary/aromatic N) is 1. The maximum atomic E-state index is 10.4. The molecule has 2 aliphatic carbocycles. The minimum absolute atomic E-state index is 0.220. The Morgan fingerprint density at radius 2 is 1.68 bits per heavy atom. The maximum Gasteiger partial charge on any atom is 0.111 e. The molecule has 112 valence electrons. The standard InChI is InChI=1S/C17H15NO4/c19-12-6-5-9-13(16(12)21)17(22)15(20)10-7-8-3-1-2-4-11(8)18-14(9)10/h1-7,12,15-17,19-22H. The van der Waals surface area contributed by atoms with E-state index in [1.807, 2.05) is 24.3 Å². The average Bonchev–Trinajstić information content (AvgIpc) is 2.54. The molecule has 0 aliphatic heterocycles. The van der Waals surface area contributed by atoms with Gasteiger partial charge in [0.05, 0.1) is 11.2 Å². The van der Waals surface area contributed by atoms with Crippen molar-refractivity contribution in [2.24, 2.45) is 0 Å². The Morgan fingerprint density at radius 1 is 0.909 bits per heavy atom. The first-order valence-corrected chi connectivity index (χ1v) is 7.12. The summed E-state index contributed by atoms with van der Waals surface area (Å²) < 4.78 is 0. The zero-order valence-electron chi connectivity index (χ0n) is 11.6. The molecular weight excluding hydrogens is 282 g/mol. The summed E-state index contributed by atoms with van der Waals surface area (Å²) in [6.07, 6.45) is -1.68. The molecule has 0 radical (unpaired) electrons. The third-order valence-electron chi connectivity index (χ3n) is 4.36. The Kier molecular flexibility index (Phi) is 2.92. The highest BCUT2D eigenvalue weighted by Gasteiger charge is 2.40. The van der Waals surface area contributed by atoms with Crippen molar-refractivity contribution in [2.45, 2.75) is 24.4 Å². The molecule has 1 aromatic carbocycles. The second kappa shape index (κ2) is 4.72. The van der Waals surface area contributed by atoms with Gasteiger partial charge in [-0.1, -0.05) is 30.4 Å². The lowest BCUT2D eigenvalue weighted by atomic mass is 9.78. The number of hydrogen-bond donors (Lipinski definition) is 4. The normalized spacial score (nSPS) is 30.4. The van der Waals surface area contributed by atoms with E-state index in [1.54, 1.807) is 12.1 Å². The highest BCUT2D eigenvalue weighted by atomic mass is 16.3. The molecule has 22 heavy (non-hydrogen) atoms. The number of hydrogen-bond acceptors (Lipinski definition) is 5. The van der Waals surface area contributed by atoms with Crippen LogP contribution in [0.25, 0.3) is 16.5 Å². The van der Waals surface area contributed by atoms with Gasteiger partial charge in [0.1, 0.15) is 24.4 Å². The Balaban J connectivity index is 2.02. The molecule has 0 bridgehead atoms. The van der Waals surface area contributed by atoms with Crippen LogP contribution >= 0.6 is 0 Å². The van der Waals surface area contributed by atoms with Gasteiger partial charge in [0.25, 0.3) is 0 Å². The number of pyridine rings is 1. The third kappa shape index (κ3) is 1.77. The number of para-hydroxylation sites is 1. The molecule has 0 saturated heterocycles. The van der Waals surface area contributed by atoms with Gasteiger partial charge in [-0.25, -0.2) is 4.98 Å². The number of benzene rings is 1. The van der Waals surface area contributed by atoms with Crippen LogP contribution in [0, 0.1) is 0 Å². The Hall–Kier alpha value is -2.05. The molecule has 0 amide bonds. The lowest BCUT2D eigenvalue weighted by molar-refractivity contribution is 0.00295. The Labute approximate surface area is 126 Å². The smallest absolute Gasteiger partial charge is 0.111 e. The molecule has 2 aromatic rings. The molecule has 2 aliphatic rings. The van der Waals surface area contributed by atoms with E-state index in [0.29, 0.717) is 16.8 Å². The summed E-state index contributed by atoms with van der Waals surface area (Å²) in [5, 5.41) is 41.5. The zero-order chi connectivity index (χ0) is 15.4. The molecule has 4 N–H and O–H groups in total. The quantitative estimate of drug-likeness (QED) is 0.574. The number of fused-ring (bicyclic) bond motifs is 3. The fraction of sp³-hybridized carbons (Fsp3) is 0.235. The lowest BCUT2D eigenvalue weighted by Gasteiger charge is -2.35. The molecule has 5 nitrogen and oxygen atoms in total. The van der Waals surface area contributed by atoms with Crippen LogP contribution in [-0.4, -0.2) is 43.7 Å². The van der Waals surface area contributed by atoms with E-state index in [1.165, 1.54) is 6.08 Å². The van der Waals surface area contributed by atoms with E-state index < -0.39 is 24.4 Å². The molecule has 4 rings (SSSR count). The zero-order valence-corrected chi connectivity index (χ0v) is 11.6. The van der Waals surface area contributed by atoms with Crippen LogP contribution in [0.1, 0.15) is 17.4 Å². The summed E-state index contributed by atoms with van der Waals surface area (Å²) in [5.74, 6) is 0. The molecule has 1 heterocycles. The maximum absolute atomic E-state index is 10.4. The summed E-state index contributed by atoms with van der Waals surface area (Å²) in [5.41, 5.74) is 2.62. The van der Waals surface area contributed by atoms with E-state index >= 15 is 0 Å². The summed E-state index contributed by atoms with van der Waals surface area (Å²) in [4.78, 5) is 4.57. The summed E-state index contributed by atoms with van der Waals surface area (Å²) in [7, 11) is 0. The van der Waals surface area contributed by atoms with Crippen molar-refractivity contribution in [3.8, 4) is 0 Å². The molecule has 4 atom stereocenters. The van der Waals surface area contributed by atoms with Crippen LogP contribution < -0.4 is 0 Å². The van der Waals surface area contributed by atoms with E-state index in [9.17, 15) is 20.4 Å². The van der Waals surface area contributed by atoms with Crippen LogP contribution in [0.4, 0.5) is 0 Å². The molecule has 0 fully saturated rings. The molecule has 4 unspecified atom stereocenters. The van der Waals surface area contributed by atoms with Crippen LogP contribution in [0.5, 0.6) is 0 Å². The summed E-state index contributed by atoms with van der Waals surface area (Å²) >= 11 is 0. The van der Waals surface area contributed by atoms with Gasteiger partial charge in [0, 0.05) is 22.1 Å². The number of aromatic nitrogens is 1. The highest BCUT2D eigenvalue weighted by Crippen LogP contribution is 2.42. The number of aliphatic hydroxyl groups is 4. The van der Waals surface area contributed by atoms with Gasteiger partial charge in [-0.15, -0.1) is 0 Å². The van der Waals surface area contributed by atoms with Gasteiger partial charge in [0.2, 0.25) is 0 Å². The number of aliphatic hydroxyl groups excluding tert-OH is 4. The Bertz CT molecular complexity index is 827. The number of allylic oxidation sites excluding steroid dienone is 2. The molecular formula is C17H15NO4. The van der Waals surface area contributed by atoms with Crippen molar-refractivity contribution < 1.29 is 20.4 Å². The Morgan fingerprint density at radius 3 is 2.50 bits per heavy atom. The first-order chi connectivity index (χ1) is 10.6. The predicted octanol–water partition coefficient (Wildman–Crippen LogP) is 0.688. The fourth-order valence-corrected chi connectivity index (χ4v) is 3.20. The summed E-state index contributed by atoms with van der Waals surface area (Å²) in [6, 6.07) is 9.32. The molecule has 5 heteroatoms. The van der Waals surface area contributed by atoms with Gasteiger partial charge in [-0.05, 0) is 12.1 Å². The second-order valence-corrected chi connectivity index (χ2v) is 5.67. The van der Waals surface area contributed by atoms with Gasteiger partial charge in [-0.2, -0.15) is 0 Å². The van der Waals surface area contributed by atoms with Crippen LogP contribution in [-0.2, 0) is 0 Å². The minimum atomic E-state index is -1.26. The van der Waals surface area contributed by atoms with Crippen molar-refractivity contribution in [1.29, 1.82) is 0 Å². The van der Waals surface area contributed by atoms with E-state index in [2.05, 4.69) is 4.98 Å². The van der Waals surface area contributed by atoms with Crippen LogP contribution in [0.15, 0.2) is 48.1 Å². The van der Waals surface area contributed by atoms with Gasteiger partial charge < -0.3 is 20.4 Å². The summed E-state index contributed by atoms with van der Waals surface area (Å²) in [6.45, 7) is 0. The highest BCUT2D eigenvalue weighted by molar-refractivity contribution is 5.87. The van der Waals surface area contributed by atoms with Crippen molar-refractivity contribution in [1.82, 2.24) is 4.98 Å². The molecule has 0 saturated carbocycles. The third-order valence-corrected chi connectivity index (χ3v) is 4.36. The van der Waals surface area contributed by atoms with Gasteiger partial charge in [-0.3, -0.25) is 0 Å². The largest absolute Gasteiger partial charge is 0.386 e. The second-order valence-electron chi connectivity index (χ2n) is 5.67.